The Morgan fingerprint density at radius 2 is 2.21 bits per heavy atom. The number of halogens is 2. The highest BCUT2D eigenvalue weighted by Gasteiger charge is 2.25. The molecule has 2 N–H and O–H groups in total. The van der Waals surface area contributed by atoms with Crippen LogP contribution in [0.2, 0.25) is 5.02 Å². The van der Waals surface area contributed by atoms with Crippen molar-refractivity contribution in [1.29, 1.82) is 0 Å². The van der Waals surface area contributed by atoms with E-state index in [0.717, 1.165) is 48.4 Å². The molecule has 2 aromatic rings. The highest BCUT2D eigenvalue weighted by Crippen LogP contribution is 2.35. The fraction of sp³-hybridized carbons (Fsp3) is 0.368. The Balaban J connectivity index is 0.00000225. The summed E-state index contributed by atoms with van der Waals surface area (Å²) in [7, 11) is 1.77. The molecule has 0 spiro atoms. The van der Waals surface area contributed by atoms with Gasteiger partial charge in [0.15, 0.2) is 17.5 Å². The third kappa shape index (κ3) is 4.54. The molecule has 3 heterocycles. The van der Waals surface area contributed by atoms with Crippen molar-refractivity contribution in [3.63, 3.8) is 0 Å². The van der Waals surface area contributed by atoms with E-state index in [9.17, 15) is 0 Å². The lowest BCUT2D eigenvalue weighted by molar-refractivity contribution is 0.173. The van der Waals surface area contributed by atoms with Crippen LogP contribution in [0.4, 0.5) is 5.82 Å². The summed E-state index contributed by atoms with van der Waals surface area (Å²) in [5.74, 6) is 3.18. The monoisotopic (exact) mass is 515 g/mol. The van der Waals surface area contributed by atoms with Crippen LogP contribution >= 0.6 is 35.6 Å². The van der Waals surface area contributed by atoms with Crippen LogP contribution in [0, 0.1) is 0 Å². The molecule has 0 bridgehead atoms. The van der Waals surface area contributed by atoms with Crippen LogP contribution in [0.5, 0.6) is 11.5 Å². The number of ether oxygens (including phenoxy) is 2. The van der Waals surface area contributed by atoms with E-state index in [1.807, 2.05) is 30.3 Å². The molecular formula is C19H23ClIN5O2. The van der Waals surface area contributed by atoms with Crippen molar-refractivity contribution in [2.24, 2.45) is 4.99 Å². The average Bonchev–Trinajstić information content (AvgIpc) is 3.35. The number of nitrogens with one attached hydrogen (secondary N) is 2. The first kappa shape index (κ1) is 20.8. The van der Waals surface area contributed by atoms with Gasteiger partial charge in [-0.25, -0.2) is 4.98 Å². The van der Waals surface area contributed by atoms with Gasteiger partial charge in [0.05, 0.1) is 5.02 Å². The molecule has 0 amide bonds. The molecule has 0 saturated carbocycles. The van der Waals surface area contributed by atoms with Crippen LogP contribution in [0.15, 0.2) is 41.5 Å². The molecule has 2 aliphatic rings. The van der Waals surface area contributed by atoms with Crippen molar-refractivity contribution in [3.05, 3.63) is 47.1 Å². The van der Waals surface area contributed by atoms with E-state index in [0.29, 0.717) is 11.6 Å². The largest absolute Gasteiger partial charge is 0.454 e. The maximum absolute atomic E-state index is 6.27. The number of rotatable bonds is 4. The molecule has 2 aliphatic heterocycles. The Bertz CT molecular complexity index is 851. The van der Waals surface area contributed by atoms with Crippen molar-refractivity contribution in [3.8, 4) is 11.5 Å². The molecule has 1 saturated heterocycles. The third-order valence-corrected chi connectivity index (χ3v) is 5.01. The SMILES string of the molecule is CN=C(NCc1cccc2c1OCO2)NC1CCN(c2ncccc2Cl)C1.I. The summed E-state index contributed by atoms with van der Waals surface area (Å²) in [6.45, 7) is 2.61. The molecular weight excluding hydrogens is 493 g/mol. The Labute approximate surface area is 186 Å². The molecule has 9 heteroatoms. The van der Waals surface area contributed by atoms with E-state index in [4.69, 9.17) is 21.1 Å². The summed E-state index contributed by atoms with van der Waals surface area (Å²) in [4.78, 5) is 10.9. The first-order chi connectivity index (χ1) is 13.2. The predicted molar refractivity (Wildman–Crippen MR) is 121 cm³/mol. The van der Waals surface area contributed by atoms with Crippen molar-refractivity contribution in [2.45, 2.75) is 19.0 Å². The van der Waals surface area contributed by atoms with Crippen LogP contribution in [0.25, 0.3) is 0 Å². The van der Waals surface area contributed by atoms with Gasteiger partial charge in [0, 0.05) is 44.5 Å². The van der Waals surface area contributed by atoms with Gasteiger partial charge in [0.25, 0.3) is 0 Å². The van der Waals surface area contributed by atoms with Crippen LogP contribution < -0.4 is 25.0 Å². The maximum atomic E-state index is 6.27. The number of hydrogen-bond donors (Lipinski definition) is 2. The number of guanidine groups is 1. The zero-order valence-electron chi connectivity index (χ0n) is 15.5. The van der Waals surface area contributed by atoms with Gasteiger partial charge in [-0.3, -0.25) is 4.99 Å². The number of hydrogen-bond acceptors (Lipinski definition) is 5. The van der Waals surface area contributed by atoms with Crippen molar-refractivity contribution in [1.82, 2.24) is 15.6 Å². The summed E-state index contributed by atoms with van der Waals surface area (Å²) >= 11 is 6.27. The molecule has 28 heavy (non-hydrogen) atoms. The topological polar surface area (TPSA) is 71.0 Å². The Hall–Kier alpha value is -1.94. The molecule has 0 radical (unpaired) electrons. The van der Waals surface area contributed by atoms with Crippen molar-refractivity contribution < 1.29 is 9.47 Å². The molecule has 1 atom stereocenters. The molecule has 0 aliphatic carbocycles. The van der Waals surface area contributed by atoms with E-state index in [1.54, 1.807) is 13.2 Å². The number of para-hydroxylation sites is 1. The lowest BCUT2D eigenvalue weighted by atomic mass is 10.2. The van der Waals surface area contributed by atoms with Gasteiger partial charge in [-0.1, -0.05) is 23.7 Å². The number of fused-ring (bicyclic) bond motifs is 1. The fourth-order valence-electron chi connectivity index (χ4n) is 3.38. The van der Waals surface area contributed by atoms with E-state index in [-0.39, 0.29) is 36.8 Å². The molecule has 1 unspecified atom stereocenters. The zero-order chi connectivity index (χ0) is 18.6. The lowest BCUT2D eigenvalue weighted by Crippen LogP contribution is -2.44. The Kier molecular flexibility index (Phi) is 7.06. The van der Waals surface area contributed by atoms with Crippen molar-refractivity contribution in [2.75, 3.05) is 31.8 Å². The third-order valence-electron chi connectivity index (χ3n) is 4.72. The lowest BCUT2D eigenvalue weighted by Gasteiger charge is -2.20. The summed E-state index contributed by atoms with van der Waals surface area (Å²) in [5.41, 5.74) is 1.04. The zero-order valence-corrected chi connectivity index (χ0v) is 18.6. The maximum Gasteiger partial charge on any atom is 0.231 e. The second-order valence-electron chi connectivity index (χ2n) is 6.46. The van der Waals surface area contributed by atoms with Gasteiger partial charge in [0.2, 0.25) is 6.79 Å². The number of nitrogens with zero attached hydrogens (tertiary/aromatic N) is 3. The Morgan fingerprint density at radius 3 is 3.04 bits per heavy atom. The van der Waals surface area contributed by atoms with Crippen molar-refractivity contribution >= 4 is 47.4 Å². The van der Waals surface area contributed by atoms with Crippen LogP contribution in [-0.4, -0.2) is 43.9 Å². The molecule has 1 aromatic carbocycles. The van der Waals surface area contributed by atoms with E-state index < -0.39 is 0 Å². The van der Waals surface area contributed by atoms with Gasteiger partial charge in [0.1, 0.15) is 5.82 Å². The number of aromatic nitrogens is 1. The predicted octanol–water partition coefficient (Wildman–Crippen LogP) is 3.03. The number of aliphatic imine (C=N–C) groups is 1. The molecule has 1 fully saturated rings. The molecule has 7 nitrogen and oxygen atoms in total. The second kappa shape index (κ2) is 9.51. The minimum absolute atomic E-state index is 0. The number of pyridine rings is 1. The van der Waals surface area contributed by atoms with E-state index in [2.05, 4.69) is 25.5 Å². The molecule has 150 valence electrons. The van der Waals surface area contributed by atoms with Gasteiger partial charge in [-0.15, -0.1) is 24.0 Å². The second-order valence-corrected chi connectivity index (χ2v) is 6.87. The van der Waals surface area contributed by atoms with Gasteiger partial charge in [-0.05, 0) is 24.6 Å². The standard InChI is InChI=1S/C19H22ClN5O2.HI/c1-21-19(23-10-13-4-2-6-16-17(13)27-12-26-16)24-14-7-9-25(11-14)18-15(20)5-3-8-22-18;/h2-6,8,14H,7,9-12H2,1H3,(H2,21,23,24);1H. The minimum Gasteiger partial charge on any atom is -0.454 e. The first-order valence-corrected chi connectivity index (χ1v) is 9.32. The smallest absolute Gasteiger partial charge is 0.231 e. The van der Waals surface area contributed by atoms with Crippen LogP contribution in [-0.2, 0) is 6.54 Å². The first-order valence-electron chi connectivity index (χ1n) is 8.94. The van der Waals surface area contributed by atoms with E-state index in [1.165, 1.54) is 0 Å². The summed E-state index contributed by atoms with van der Waals surface area (Å²) < 4.78 is 11.0. The molecule has 1 aromatic heterocycles. The van der Waals surface area contributed by atoms with Crippen LogP contribution in [0.1, 0.15) is 12.0 Å². The van der Waals surface area contributed by atoms with Gasteiger partial charge < -0.3 is 25.0 Å². The normalized spacial score (nSPS) is 18.0. The molecule has 4 rings (SSSR count). The summed E-state index contributed by atoms with van der Waals surface area (Å²) in [5, 5.41) is 7.51. The van der Waals surface area contributed by atoms with Gasteiger partial charge in [-0.2, -0.15) is 0 Å². The van der Waals surface area contributed by atoms with Gasteiger partial charge >= 0.3 is 0 Å². The highest BCUT2D eigenvalue weighted by molar-refractivity contribution is 14.0. The Morgan fingerprint density at radius 1 is 1.32 bits per heavy atom. The average molecular weight is 516 g/mol. The van der Waals surface area contributed by atoms with Crippen LogP contribution in [0.3, 0.4) is 0 Å². The highest BCUT2D eigenvalue weighted by atomic mass is 127. The van der Waals surface area contributed by atoms with E-state index >= 15 is 0 Å². The summed E-state index contributed by atoms with van der Waals surface area (Å²) in [6, 6.07) is 9.89. The number of anilines is 1. The fourth-order valence-corrected chi connectivity index (χ4v) is 3.62. The quantitative estimate of drug-likeness (QED) is 0.371. The minimum atomic E-state index is 0. The number of benzene rings is 1. The summed E-state index contributed by atoms with van der Waals surface area (Å²) in [6.07, 6.45) is 2.76.